The summed E-state index contributed by atoms with van der Waals surface area (Å²) in [5.41, 5.74) is 4.21. The van der Waals surface area contributed by atoms with Crippen LogP contribution in [0.5, 0.6) is 5.75 Å². The first-order valence-corrected chi connectivity index (χ1v) is 10.7. The summed E-state index contributed by atoms with van der Waals surface area (Å²) in [6.07, 6.45) is 5.26. The number of benzene rings is 2. The van der Waals surface area contributed by atoms with Crippen LogP contribution in [0.25, 0.3) is 21.9 Å². The zero-order chi connectivity index (χ0) is 21.4. The Morgan fingerprint density at radius 3 is 2.90 bits per heavy atom. The number of carbonyl (C=O) groups excluding carboxylic acids is 1. The molecular weight excluding hydrogens is 416 g/mol. The Bertz CT molecular complexity index is 1360. The number of fused-ring (bicyclic) bond motifs is 4. The highest BCUT2D eigenvalue weighted by atomic mass is 35.5. The van der Waals surface area contributed by atoms with Crippen molar-refractivity contribution in [2.24, 2.45) is 0 Å². The van der Waals surface area contributed by atoms with Crippen molar-refractivity contribution in [2.45, 2.75) is 25.7 Å². The van der Waals surface area contributed by atoms with Crippen LogP contribution in [0.3, 0.4) is 0 Å². The zero-order valence-electron chi connectivity index (χ0n) is 16.8. The Hall–Kier alpha value is -3.25. The second-order valence-corrected chi connectivity index (χ2v) is 8.19. The summed E-state index contributed by atoms with van der Waals surface area (Å²) in [7, 11) is 0. The molecule has 6 nitrogen and oxygen atoms in total. The number of amides is 1. The maximum Gasteiger partial charge on any atom is 0.339 e. The highest BCUT2D eigenvalue weighted by Crippen LogP contribution is 2.29. The van der Waals surface area contributed by atoms with Gasteiger partial charge in [-0.3, -0.25) is 4.79 Å². The van der Waals surface area contributed by atoms with Crippen molar-refractivity contribution in [1.82, 2.24) is 10.3 Å². The lowest BCUT2D eigenvalue weighted by Gasteiger charge is -2.09. The molecule has 2 heterocycles. The number of halogens is 1. The van der Waals surface area contributed by atoms with Crippen LogP contribution >= 0.6 is 11.6 Å². The first-order valence-electron chi connectivity index (χ1n) is 10.3. The number of rotatable bonds is 6. The normalized spacial score (nSPS) is 12.9. The molecule has 0 radical (unpaired) electrons. The van der Waals surface area contributed by atoms with Gasteiger partial charge in [-0.05, 0) is 67.1 Å². The monoisotopic (exact) mass is 436 g/mol. The molecule has 5 rings (SSSR count). The second-order valence-electron chi connectivity index (χ2n) is 7.75. The molecule has 0 saturated carbocycles. The van der Waals surface area contributed by atoms with Gasteiger partial charge in [-0.15, -0.1) is 0 Å². The van der Waals surface area contributed by atoms with Crippen LogP contribution in [0, 0.1) is 0 Å². The topological polar surface area (TPSA) is 84.3 Å². The number of hydrogen-bond donors (Lipinski definition) is 2. The Morgan fingerprint density at radius 1 is 1.13 bits per heavy atom. The lowest BCUT2D eigenvalue weighted by atomic mass is 10.1. The van der Waals surface area contributed by atoms with Crippen molar-refractivity contribution in [3.8, 4) is 5.75 Å². The summed E-state index contributed by atoms with van der Waals surface area (Å²) in [5.74, 6) is 0.281. The van der Waals surface area contributed by atoms with E-state index in [1.807, 2.05) is 36.5 Å². The molecule has 1 aliphatic rings. The van der Waals surface area contributed by atoms with Gasteiger partial charge in [0.05, 0.1) is 0 Å². The quantitative estimate of drug-likeness (QED) is 0.444. The molecular formula is C24H21ClN2O4. The predicted octanol–water partition coefficient (Wildman–Crippen LogP) is 4.15. The summed E-state index contributed by atoms with van der Waals surface area (Å²) in [6.45, 7) is 0.376. The van der Waals surface area contributed by atoms with E-state index in [0.29, 0.717) is 29.3 Å². The molecule has 1 amide bonds. The number of aryl methyl sites for hydroxylation is 1. The van der Waals surface area contributed by atoms with Gasteiger partial charge in [-0.1, -0.05) is 11.6 Å². The van der Waals surface area contributed by atoms with Crippen molar-refractivity contribution < 1.29 is 13.9 Å². The molecule has 2 aromatic heterocycles. The van der Waals surface area contributed by atoms with Crippen LogP contribution < -0.4 is 15.7 Å². The third-order valence-corrected chi connectivity index (χ3v) is 6.00. The molecule has 7 heteroatoms. The number of H-pyrrole nitrogens is 1. The molecule has 0 aliphatic heterocycles. The van der Waals surface area contributed by atoms with Gasteiger partial charge in [-0.25, -0.2) is 4.79 Å². The van der Waals surface area contributed by atoms with Crippen LogP contribution in [0.2, 0.25) is 5.02 Å². The summed E-state index contributed by atoms with van der Waals surface area (Å²) in [5, 5.41) is 5.55. The van der Waals surface area contributed by atoms with Crippen LogP contribution in [0.15, 0.2) is 51.8 Å². The van der Waals surface area contributed by atoms with E-state index >= 15 is 0 Å². The highest BCUT2D eigenvalue weighted by molar-refractivity contribution is 6.31. The van der Waals surface area contributed by atoms with E-state index in [1.165, 1.54) is 0 Å². The van der Waals surface area contributed by atoms with E-state index in [4.69, 9.17) is 20.8 Å². The maximum atomic E-state index is 12.2. The molecule has 0 bridgehead atoms. The first-order chi connectivity index (χ1) is 15.1. The van der Waals surface area contributed by atoms with Gasteiger partial charge in [0, 0.05) is 45.7 Å². The molecule has 158 valence electrons. The minimum atomic E-state index is -0.270. The first kappa shape index (κ1) is 19.7. The van der Waals surface area contributed by atoms with Gasteiger partial charge < -0.3 is 19.5 Å². The smallest absolute Gasteiger partial charge is 0.339 e. The summed E-state index contributed by atoms with van der Waals surface area (Å²) < 4.78 is 11.1. The number of carbonyl (C=O) groups is 1. The minimum Gasteiger partial charge on any atom is -0.484 e. The predicted molar refractivity (Wildman–Crippen MR) is 120 cm³/mol. The lowest BCUT2D eigenvalue weighted by Crippen LogP contribution is -2.30. The average Bonchev–Trinajstić information content (AvgIpc) is 3.40. The fraction of sp³-hybridized carbons (Fsp3) is 0.250. The molecule has 0 fully saturated rings. The van der Waals surface area contributed by atoms with Crippen molar-refractivity contribution in [3.63, 3.8) is 0 Å². The van der Waals surface area contributed by atoms with E-state index in [9.17, 15) is 9.59 Å². The number of hydrogen-bond acceptors (Lipinski definition) is 4. The van der Waals surface area contributed by atoms with Gasteiger partial charge in [0.25, 0.3) is 5.91 Å². The number of nitrogens with one attached hydrogen (secondary N) is 2. The van der Waals surface area contributed by atoms with Gasteiger partial charge in [0.2, 0.25) is 0 Å². The van der Waals surface area contributed by atoms with Crippen molar-refractivity contribution in [1.29, 1.82) is 0 Å². The standard InChI is InChI=1S/C24H21ClN2O4/c25-15-4-7-21-20(10-15)14(12-27-21)8-9-26-23(28)13-30-16-5-6-18-17-2-1-3-19(17)24(29)31-22(18)11-16/h4-7,10-12,27H,1-3,8-9,13H2,(H,26,28). The van der Waals surface area contributed by atoms with E-state index in [1.54, 1.807) is 6.07 Å². The maximum absolute atomic E-state index is 12.2. The Kier molecular flexibility index (Phi) is 5.16. The average molecular weight is 437 g/mol. The minimum absolute atomic E-state index is 0.111. The molecule has 1 aliphatic carbocycles. The highest BCUT2D eigenvalue weighted by Gasteiger charge is 2.19. The second kappa shape index (κ2) is 8.12. The van der Waals surface area contributed by atoms with Gasteiger partial charge in [0.1, 0.15) is 11.3 Å². The molecule has 0 atom stereocenters. The van der Waals surface area contributed by atoms with Gasteiger partial charge in [-0.2, -0.15) is 0 Å². The Balaban J connectivity index is 1.19. The van der Waals surface area contributed by atoms with E-state index in [0.717, 1.165) is 52.2 Å². The van der Waals surface area contributed by atoms with Crippen LogP contribution in [-0.2, 0) is 24.1 Å². The molecule has 31 heavy (non-hydrogen) atoms. The fourth-order valence-corrected chi connectivity index (χ4v) is 4.42. The van der Waals surface area contributed by atoms with Crippen LogP contribution in [-0.4, -0.2) is 24.0 Å². The van der Waals surface area contributed by atoms with Crippen LogP contribution in [0.1, 0.15) is 23.1 Å². The Labute approximate surface area is 183 Å². The number of aromatic nitrogens is 1. The van der Waals surface area contributed by atoms with Crippen molar-refractivity contribution >= 4 is 39.4 Å². The van der Waals surface area contributed by atoms with E-state index in [-0.39, 0.29) is 18.1 Å². The SMILES string of the molecule is O=C(COc1ccc2c3c(c(=O)oc2c1)CCC3)NCCc1c[nH]c2ccc(Cl)cc12. The molecule has 0 saturated heterocycles. The molecule has 4 aromatic rings. The lowest BCUT2D eigenvalue weighted by molar-refractivity contribution is -0.123. The van der Waals surface area contributed by atoms with Crippen molar-refractivity contribution in [3.05, 3.63) is 74.7 Å². The molecule has 2 N–H and O–H groups in total. The number of aromatic amines is 1. The third kappa shape index (κ3) is 3.91. The van der Waals surface area contributed by atoms with Gasteiger partial charge >= 0.3 is 5.63 Å². The largest absolute Gasteiger partial charge is 0.484 e. The van der Waals surface area contributed by atoms with Crippen molar-refractivity contribution in [2.75, 3.05) is 13.2 Å². The molecule has 0 spiro atoms. The summed E-state index contributed by atoms with van der Waals surface area (Å²) in [4.78, 5) is 27.5. The van der Waals surface area contributed by atoms with Crippen LogP contribution in [0.4, 0.5) is 0 Å². The van der Waals surface area contributed by atoms with Gasteiger partial charge in [0.15, 0.2) is 6.61 Å². The third-order valence-electron chi connectivity index (χ3n) is 5.76. The zero-order valence-corrected chi connectivity index (χ0v) is 17.6. The number of ether oxygens (including phenoxy) is 1. The van der Waals surface area contributed by atoms with E-state index < -0.39 is 0 Å². The fourth-order valence-electron chi connectivity index (χ4n) is 4.25. The molecule has 2 aromatic carbocycles. The summed E-state index contributed by atoms with van der Waals surface area (Å²) in [6, 6.07) is 11.1. The van der Waals surface area contributed by atoms with E-state index in [2.05, 4.69) is 10.3 Å². The molecule has 0 unspecified atom stereocenters. The summed E-state index contributed by atoms with van der Waals surface area (Å²) >= 11 is 6.08. The Morgan fingerprint density at radius 2 is 2.00 bits per heavy atom.